The third-order valence-electron chi connectivity index (χ3n) is 4.83. The largest absolute Gasteiger partial charge is 0.354 e. The van der Waals surface area contributed by atoms with E-state index in [4.69, 9.17) is 11.6 Å². The van der Waals surface area contributed by atoms with Crippen molar-refractivity contribution in [1.29, 1.82) is 0 Å². The smallest absolute Gasteiger partial charge is 0.252 e. The number of carbonyl (C=O) groups excluding carboxylic acids is 2. The van der Waals surface area contributed by atoms with E-state index in [0.29, 0.717) is 23.7 Å². The number of nitrogens with one attached hydrogen (secondary N) is 2. The number of hydrogen-bond donors (Lipinski definition) is 2. The first-order valence-electron chi connectivity index (χ1n) is 9.63. The second kappa shape index (κ2) is 9.54. The van der Waals surface area contributed by atoms with Crippen LogP contribution in [-0.2, 0) is 11.2 Å². The number of halogens is 1. The fourth-order valence-electron chi connectivity index (χ4n) is 3.10. The van der Waals surface area contributed by atoms with Crippen molar-refractivity contribution in [2.45, 2.75) is 27.2 Å². The standard InChI is InChI=1S/C22H24ClN5O2/c1-14-6-7-18(11-20(14)23)28-16(3)19(15(2)27-28)12-21(29)25-9-10-26-22(30)17-5-4-8-24-13-17/h4-8,11,13H,9-10,12H2,1-3H3,(H,25,29)(H,26,30). The van der Waals surface area contributed by atoms with E-state index < -0.39 is 0 Å². The van der Waals surface area contributed by atoms with Crippen molar-refractivity contribution in [2.24, 2.45) is 0 Å². The van der Waals surface area contributed by atoms with E-state index in [2.05, 4.69) is 20.7 Å². The Morgan fingerprint density at radius 2 is 1.87 bits per heavy atom. The van der Waals surface area contributed by atoms with Crippen LogP contribution in [0.2, 0.25) is 5.02 Å². The van der Waals surface area contributed by atoms with Crippen molar-refractivity contribution < 1.29 is 9.59 Å². The molecule has 0 spiro atoms. The van der Waals surface area contributed by atoms with Crippen LogP contribution in [-0.4, -0.2) is 39.7 Å². The lowest BCUT2D eigenvalue weighted by Crippen LogP contribution is -2.35. The van der Waals surface area contributed by atoms with Gasteiger partial charge in [-0.2, -0.15) is 5.10 Å². The molecule has 7 nitrogen and oxygen atoms in total. The molecular formula is C22H24ClN5O2. The second-order valence-corrected chi connectivity index (χ2v) is 7.43. The molecule has 0 aliphatic heterocycles. The van der Waals surface area contributed by atoms with E-state index in [1.54, 1.807) is 23.0 Å². The van der Waals surface area contributed by atoms with Crippen LogP contribution in [0.15, 0.2) is 42.7 Å². The first kappa shape index (κ1) is 21.5. The van der Waals surface area contributed by atoms with E-state index in [1.807, 2.05) is 39.0 Å². The van der Waals surface area contributed by atoms with E-state index in [-0.39, 0.29) is 18.2 Å². The molecule has 0 unspecified atom stereocenters. The minimum atomic E-state index is -0.220. The first-order valence-corrected chi connectivity index (χ1v) is 10.0. The molecule has 3 aromatic rings. The number of benzene rings is 1. The van der Waals surface area contributed by atoms with Crippen molar-refractivity contribution in [3.63, 3.8) is 0 Å². The maximum absolute atomic E-state index is 12.4. The average Bonchev–Trinajstić information content (AvgIpc) is 3.02. The molecule has 0 atom stereocenters. The van der Waals surface area contributed by atoms with Gasteiger partial charge in [-0.05, 0) is 50.6 Å². The summed E-state index contributed by atoms with van der Waals surface area (Å²) < 4.78 is 1.80. The van der Waals surface area contributed by atoms with E-state index >= 15 is 0 Å². The summed E-state index contributed by atoms with van der Waals surface area (Å²) in [6.07, 6.45) is 3.32. The van der Waals surface area contributed by atoms with Gasteiger partial charge in [-0.25, -0.2) is 4.68 Å². The Morgan fingerprint density at radius 1 is 1.10 bits per heavy atom. The third-order valence-corrected chi connectivity index (χ3v) is 5.24. The van der Waals surface area contributed by atoms with Crippen LogP contribution in [0.5, 0.6) is 0 Å². The summed E-state index contributed by atoms with van der Waals surface area (Å²) in [6.45, 7) is 6.44. The van der Waals surface area contributed by atoms with Gasteiger partial charge < -0.3 is 10.6 Å². The highest BCUT2D eigenvalue weighted by atomic mass is 35.5. The Morgan fingerprint density at radius 3 is 2.57 bits per heavy atom. The Hall–Kier alpha value is -3.19. The molecule has 1 aromatic carbocycles. The van der Waals surface area contributed by atoms with Crippen molar-refractivity contribution >= 4 is 23.4 Å². The molecule has 3 rings (SSSR count). The number of carbonyl (C=O) groups is 2. The number of aryl methyl sites for hydroxylation is 2. The van der Waals surface area contributed by atoms with Gasteiger partial charge in [0.05, 0.1) is 23.4 Å². The minimum absolute atomic E-state index is 0.127. The Balaban J connectivity index is 1.56. The zero-order valence-electron chi connectivity index (χ0n) is 17.2. The average molecular weight is 426 g/mol. The van der Waals surface area contributed by atoms with Crippen LogP contribution in [0.25, 0.3) is 5.69 Å². The summed E-state index contributed by atoms with van der Waals surface area (Å²) in [5.41, 5.74) is 4.91. The number of aromatic nitrogens is 3. The minimum Gasteiger partial charge on any atom is -0.354 e. The maximum Gasteiger partial charge on any atom is 0.252 e. The van der Waals surface area contributed by atoms with Crippen LogP contribution in [0.3, 0.4) is 0 Å². The van der Waals surface area contributed by atoms with E-state index in [9.17, 15) is 9.59 Å². The molecule has 8 heteroatoms. The summed E-state index contributed by atoms with van der Waals surface area (Å²) in [7, 11) is 0. The Bertz CT molecular complexity index is 1060. The predicted octanol–water partition coefficient (Wildman–Crippen LogP) is 2.93. The highest BCUT2D eigenvalue weighted by molar-refractivity contribution is 6.31. The fourth-order valence-corrected chi connectivity index (χ4v) is 3.27. The lowest BCUT2D eigenvalue weighted by atomic mass is 10.1. The number of hydrogen-bond acceptors (Lipinski definition) is 4. The van der Waals surface area contributed by atoms with Crippen LogP contribution >= 0.6 is 11.6 Å². The van der Waals surface area contributed by atoms with Gasteiger partial charge in [0.15, 0.2) is 0 Å². The molecule has 0 bridgehead atoms. The van der Waals surface area contributed by atoms with Gasteiger partial charge in [0.1, 0.15) is 0 Å². The molecule has 2 heterocycles. The summed E-state index contributed by atoms with van der Waals surface area (Å²) in [5.74, 6) is -0.347. The second-order valence-electron chi connectivity index (χ2n) is 7.02. The lowest BCUT2D eigenvalue weighted by molar-refractivity contribution is -0.120. The zero-order chi connectivity index (χ0) is 21.7. The van der Waals surface area contributed by atoms with Gasteiger partial charge in [-0.3, -0.25) is 14.6 Å². The third kappa shape index (κ3) is 5.04. The van der Waals surface area contributed by atoms with Crippen LogP contribution in [0.1, 0.15) is 32.9 Å². The quantitative estimate of drug-likeness (QED) is 0.569. The SMILES string of the molecule is Cc1ccc(-n2nc(C)c(CC(=O)NCCNC(=O)c3cccnc3)c2C)cc1Cl. The van der Waals surface area contributed by atoms with Gasteiger partial charge in [0.25, 0.3) is 5.91 Å². The van der Waals surface area contributed by atoms with Gasteiger partial charge in [-0.1, -0.05) is 17.7 Å². The molecule has 0 aliphatic rings. The molecule has 0 saturated heterocycles. The topological polar surface area (TPSA) is 88.9 Å². The fraction of sp³-hybridized carbons (Fsp3) is 0.273. The molecule has 0 fully saturated rings. The molecule has 0 aliphatic carbocycles. The summed E-state index contributed by atoms with van der Waals surface area (Å²) in [4.78, 5) is 28.3. The molecule has 30 heavy (non-hydrogen) atoms. The molecule has 156 valence electrons. The van der Waals surface area contributed by atoms with Crippen molar-refractivity contribution in [3.05, 3.63) is 75.8 Å². The molecule has 2 amide bonds. The summed E-state index contributed by atoms with van der Waals surface area (Å²) in [5, 5.41) is 10.8. The number of pyridine rings is 1. The first-order chi connectivity index (χ1) is 14.4. The molecule has 0 saturated carbocycles. The Labute approximate surface area is 180 Å². The molecule has 0 radical (unpaired) electrons. The van der Waals surface area contributed by atoms with E-state index in [0.717, 1.165) is 28.2 Å². The van der Waals surface area contributed by atoms with E-state index in [1.165, 1.54) is 6.20 Å². The molecular weight excluding hydrogens is 402 g/mol. The Kier molecular flexibility index (Phi) is 6.84. The molecule has 2 N–H and O–H groups in total. The van der Waals surface area contributed by atoms with Crippen molar-refractivity contribution in [2.75, 3.05) is 13.1 Å². The highest BCUT2D eigenvalue weighted by Gasteiger charge is 2.16. The highest BCUT2D eigenvalue weighted by Crippen LogP contribution is 2.23. The normalized spacial score (nSPS) is 10.7. The monoisotopic (exact) mass is 425 g/mol. The maximum atomic E-state index is 12.4. The summed E-state index contributed by atoms with van der Waals surface area (Å²) in [6, 6.07) is 9.15. The number of amides is 2. The van der Waals surface area contributed by atoms with Crippen molar-refractivity contribution in [3.8, 4) is 5.69 Å². The number of rotatable bonds is 7. The van der Waals surface area contributed by atoms with Gasteiger partial charge >= 0.3 is 0 Å². The van der Waals surface area contributed by atoms with Crippen LogP contribution in [0.4, 0.5) is 0 Å². The number of nitrogens with zero attached hydrogens (tertiary/aromatic N) is 3. The van der Waals surface area contributed by atoms with Crippen molar-refractivity contribution in [1.82, 2.24) is 25.4 Å². The van der Waals surface area contributed by atoms with Gasteiger partial charge in [-0.15, -0.1) is 0 Å². The summed E-state index contributed by atoms with van der Waals surface area (Å²) >= 11 is 6.24. The van der Waals surface area contributed by atoms with Crippen LogP contribution in [0, 0.1) is 20.8 Å². The predicted molar refractivity (Wildman–Crippen MR) is 116 cm³/mol. The van der Waals surface area contributed by atoms with Crippen LogP contribution < -0.4 is 10.6 Å². The van der Waals surface area contributed by atoms with Gasteiger partial charge in [0, 0.05) is 41.8 Å². The zero-order valence-corrected chi connectivity index (χ0v) is 18.0. The van der Waals surface area contributed by atoms with Gasteiger partial charge in [0.2, 0.25) is 5.91 Å². The lowest BCUT2D eigenvalue weighted by Gasteiger charge is -2.09. The molecule has 2 aromatic heterocycles.